The Labute approximate surface area is 552 Å². The zero-order valence-electron chi connectivity index (χ0n) is 50.0. The quantitative estimate of drug-likeness (QED) is 0.0105. The Kier molecular flexibility index (Phi) is 23.8. The average Bonchev–Trinajstić information content (AvgIpc) is 1.62. The monoisotopic (exact) mass is 1370 g/mol. The van der Waals surface area contributed by atoms with Crippen LogP contribution in [0.3, 0.4) is 0 Å². The molecule has 25 heteroatoms. The van der Waals surface area contributed by atoms with Crippen LogP contribution in [0, 0.1) is 7.43 Å². The van der Waals surface area contributed by atoms with Gasteiger partial charge in [0.1, 0.15) is 64.4 Å². The van der Waals surface area contributed by atoms with Gasteiger partial charge in [-0.15, -0.1) is 0 Å². The number of carboxylic acid groups (broad SMARTS) is 1. The molecule has 486 valence electrons. The van der Waals surface area contributed by atoms with Gasteiger partial charge in [0.05, 0.1) is 44.5 Å². The molecule has 0 bridgehead atoms. The van der Waals surface area contributed by atoms with Gasteiger partial charge in [-0.1, -0.05) is 113 Å². The summed E-state index contributed by atoms with van der Waals surface area (Å²) in [4.78, 5) is 141. The van der Waals surface area contributed by atoms with Crippen LogP contribution in [0.15, 0.2) is 200 Å². The number of carbonyl (C=O) groups excluding carboxylic acids is 11. The number of phenols is 4. The number of aromatic hydroxyl groups is 4. The zero-order valence-corrected chi connectivity index (χ0v) is 51.6. The minimum Gasteiger partial charge on any atom is -0.508 e. The predicted molar refractivity (Wildman–Crippen MR) is 338 cm³/mol. The van der Waals surface area contributed by atoms with Crippen molar-refractivity contribution in [3.05, 3.63) is 291 Å². The van der Waals surface area contributed by atoms with Crippen molar-refractivity contribution in [1.82, 2.24) is 0 Å². The SMILES string of the molecule is BrCc1ccccc1.CC(=O)c1ccc2c(c1)C(=O)OC2=O.O=C(O)c1cc(O)ccc1O.O=C(OCc1ccccc1)c1cc(O)ccc1O.O=C(Oc1ccc(OC(=O)c2ccc3c(c2)C(=O)OC3=O)c(C(=O)OCc2ccccc2)c1)c1ccc2c(c1)C(=O)OC2=O.[CH3-]. The molecule has 0 unspecified atom stereocenters. The summed E-state index contributed by atoms with van der Waals surface area (Å²) >= 11 is 3.36. The fraction of sp³-hybridized carbons (Fsp3) is 0.0563. The number of ketones is 1. The fourth-order valence-corrected chi connectivity index (χ4v) is 8.80. The summed E-state index contributed by atoms with van der Waals surface area (Å²) < 4.78 is 34.7. The van der Waals surface area contributed by atoms with Gasteiger partial charge in [0.25, 0.3) is 0 Å². The van der Waals surface area contributed by atoms with E-state index in [4.69, 9.17) is 34.3 Å². The van der Waals surface area contributed by atoms with E-state index in [2.05, 4.69) is 42.3 Å². The lowest BCUT2D eigenvalue weighted by Gasteiger charge is -2.13. The number of benzene rings is 9. The first kappa shape index (κ1) is 70.6. The number of cyclic esters (lactones) is 6. The van der Waals surface area contributed by atoms with E-state index in [1.807, 2.05) is 48.5 Å². The van der Waals surface area contributed by atoms with Gasteiger partial charge in [0.15, 0.2) is 5.78 Å². The Morgan fingerprint density at radius 1 is 0.385 bits per heavy atom. The lowest BCUT2D eigenvalue weighted by atomic mass is 10.0. The molecule has 9 aromatic carbocycles. The molecule has 0 fully saturated rings. The van der Waals surface area contributed by atoms with Crippen molar-refractivity contribution in [1.29, 1.82) is 0 Å². The lowest BCUT2D eigenvalue weighted by Crippen LogP contribution is -2.15. The van der Waals surface area contributed by atoms with E-state index >= 15 is 0 Å². The van der Waals surface area contributed by atoms with Gasteiger partial charge in [0.2, 0.25) is 0 Å². The molecular formula is C71H50BrO24-. The fourth-order valence-electron chi connectivity index (χ4n) is 8.43. The van der Waals surface area contributed by atoms with E-state index in [9.17, 15) is 67.7 Å². The maximum Gasteiger partial charge on any atom is 0.346 e. The number of phenolic OH excluding ortho intramolecular Hbond substituents is 3. The second-order valence-corrected chi connectivity index (χ2v) is 20.3. The molecule has 9 aromatic rings. The number of alkyl halides is 1. The van der Waals surface area contributed by atoms with E-state index in [1.165, 1.54) is 91.3 Å². The van der Waals surface area contributed by atoms with Crippen molar-refractivity contribution >= 4 is 87.4 Å². The Balaban J connectivity index is 0.000000203. The molecular weight excluding hydrogens is 1320 g/mol. The number of hydrogen-bond donors (Lipinski definition) is 5. The summed E-state index contributed by atoms with van der Waals surface area (Å²) in [5, 5.41) is 45.8. The molecule has 0 amide bonds. The number of rotatable bonds is 13. The van der Waals surface area contributed by atoms with Gasteiger partial charge in [-0.2, -0.15) is 0 Å². The minimum atomic E-state index is -1.27. The van der Waals surface area contributed by atoms with Crippen LogP contribution in [0.4, 0.5) is 0 Å². The number of esters is 10. The Morgan fingerprint density at radius 2 is 0.760 bits per heavy atom. The van der Waals surface area contributed by atoms with Gasteiger partial charge in [-0.3, -0.25) is 4.79 Å². The molecule has 0 radical (unpaired) electrons. The van der Waals surface area contributed by atoms with Gasteiger partial charge in [0, 0.05) is 10.9 Å². The van der Waals surface area contributed by atoms with Gasteiger partial charge < -0.3 is 66.1 Å². The molecule has 0 spiro atoms. The molecule has 5 N–H and O–H groups in total. The van der Waals surface area contributed by atoms with Crippen LogP contribution in [0.5, 0.6) is 34.5 Å². The Morgan fingerprint density at radius 3 is 1.17 bits per heavy atom. The van der Waals surface area contributed by atoms with Crippen molar-refractivity contribution in [3.8, 4) is 34.5 Å². The Bertz CT molecular complexity index is 4530. The third kappa shape index (κ3) is 18.2. The normalized spacial score (nSPS) is 11.7. The summed E-state index contributed by atoms with van der Waals surface area (Å²) in [6, 6.07) is 50.5. The predicted octanol–water partition coefficient (Wildman–Crippen LogP) is 11.6. The third-order valence-electron chi connectivity index (χ3n) is 13.2. The molecule has 3 aliphatic heterocycles. The van der Waals surface area contributed by atoms with Crippen LogP contribution in [-0.4, -0.2) is 97.0 Å². The highest BCUT2D eigenvalue weighted by Gasteiger charge is 2.33. The standard InChI is InChI=1S/C32H16O12.C14H12O4.C10H6O4.C7H7Br.C7H6O4.CH3/c33-26(17-6-9-20-22(12-17)31(38)43-29(20)36)41-19-8-11-25(24(14-19)28(35)40-15-16-4-2-1-3-5-16)42-27(34)18-7-10-21-23(13-18)32(39)44-30(21)37;15-11-6-7-13(16)12(8-11)14(17)18-9-10-4-2-1-3-5-10;1-5(11)6-2-3-7-8(4-6)10(13)14-9(7)12;8-6-7-4-2-1-3-5-7;8-4-1-2-6(9)5(3-4)7(10)11;/h1-14H,15H2;1-8,15-16H,9H2;2-4H,1H3;1-5H,6H2;1-3,8-9H,(H,10,11);1H3/q;;;;;-1. The maximum absolute atomic E-state index is 13.2. The van der Waals surface area contributed by atoms with Gasteiger partial charge >= 0.3 is 65.7 Å². The second kappa shape index (κ2) is 32.4. The highest BCUT2D eigenvalue weighted by Crippen LogP contribution is 2.31. The highest BCUT2D eigenvalue weighted by molar-refractivity contribution is 9.08. The molecule has 0 saturated heterocycles. The molecule has 96 heavy (non-hydrogen) atoms. The molecule has 0 aromatic heterocycles. The summed E-state index contributed by atoms with van der Waals surface area (Å²) in [6.45, 7) is 1.39. The average molecular weight is 1370 g/mol. The first-order valence-corrected chi connectivity index (χ1v) is 28.7. The zero-order chi connectivity index (χ0) is 68.5. The van der Waals surface area contributed by atoms with Crippen LogP contribution < -0.4 is 9.47 Å². The summed E-state index contributed by atoms with van der Waals surface area (Å²) in [6.07, 6.45) is 0. The number of ether oxygens (including phenoxy) is 7. The molecule has 0 saturated carbocycles. The number of Topliss-reactive ketones (excluding diaryl/α,β-unsaturated/α-hetero) is 1. The summed E-state index contributed by atoms with van der Waals surface area (Å²) in [7, 11) is 0. The smallest absolute Gasteiger partial charge is 0.346 e. The van der Waals surface area contributed by atoms with Crippen LogP contribution >= 0.6 is 15.9 Å². The molecule has 0 atom stereocenters. The summed E-state index contributed by atoms with van der Waals surface area (Å²) in [5.74, 6) is -11.0. The van der Waals surface area contributed by atoms with Crippen LogP contribution in [0.25, 0.3) is 0 Å². The van der Waals surface area contributed by atoms with Crippen LogP contribution in [0.2, 0.25) is 0 Å². The Hall–Kier alpha value is -12.9. The molecule has 24 nitrogen and oxygen atoms in total. The van der Waals surface area contributed by atoms with Crippen molar-refractivity contribution in [2.24, 2.45) is 0 Å². The molecule has 3 heterocycles. The van der Waals surface area contributed by atoms with Crippen LogP contribution in [0.1, 0.15) is 148 Å². The van der Waals surface area contributed by atoms with E-state index in [-0.39, 0.29) is 122 Å². The van der Waals surface area contributed by atoms with Crippen LogP contribution in [-0.2, 0) is 42.2 Å². The second-order valence-electron chi connectivity index (χ2n) is 19.8. The number of carboxylic acids is 1. The summed E-state index contributed by atoms with van der Waals surface area (Å²) in [5.41, 5.74) is 2.62. The number of carbonyl (C=O) groups is 12. The molecule has 0 aliphatic carbocycles. The van der Waals surface area contributed by atoms with Gasteiger partial charge in [-0.25, -0.2) is 52.7 Å². The topological polar surface area (TPSA) is 371 Å². The van der Waals surface area contributed by atoms with E-state index in [0.717, 1.165) is 41.2 Å². The first-order chi connectivity index (χ1) is 45.5. The number of aromatic carboxylic acids is 1. The van der Waals surface area contributed by atoms with Crippen molar-refractivity contribution in [2.45, 2.75) is 25.5 Å². The molecule has 12 rings (SSSR count). The number of hydrogen-bond acceptors (Lipinski definition) is 23. The third-order valence-corrected chi connectivity index (χ3v) is 13.9. The largest absolute Gasteiger partial charge is 0.508 e. The van der Waals surface area contributed by atoms with E-state index < -0.39 is 65.7 Å². The molecule has 3 aliphatic rings. The van der Waals surface area contributed by atoms with Gasteiger partial charge in [-0.05, 0) is 127 Å². The number of halogens is 1. The van der Waals surface area contributed by atoms with E-state index in [0.29, 0.717) is 11.1 Å². The maximum atomic E-state index is 13.2. The lowest BCUT2D eigenvalue weighted by molar-refractivity contribution is 0.0425. The van der Waals surface area contributed by atoms with E-state index in [1.54, 1.807) is 30.3 Å². The van der Waals surface area contributed by atoms with Crippen molar-refractivity contribution < 1.29 is 116 Å². The van der Waals surface area contributed by atoms with Crippen molar-refractivity contribution in [3.63, 3.8) is 0 Å². The minimum absolute atomic E-state index is 0. The first-order valence-electron chi connectivity index (χ1n) is 27.6. The highest BCUT2D eigenvalue weighted by atomic mass is 79.9. The van der Waals surface area contributed by atoms with Crippen molar-refractivity contribution in [2.75, 3.05) is 0 Å². The number of fused-ring (bicyclic) bond motifs is 3.